The van der Waals surface area contributed by atoms with Crippen LogP contribution in [0.25, 0.3) is 11.2 Å². The van der Waals surface area contributed by atoms with Gasteiger partial charge in [0.2, 0.25) is 16.0 Å². The summed E-state index contributed by atoms with van der Waals surface area (Å²) in [5, 5.41) is -0.992. The van der Waals surface area contributed by atoms with Crippen LogP contribution < -0.4 is 4.72 Å². The Hall–Kier alpha value is -1.46. The van der Waals surface area contributed by atoms with Gasteiger partial charge in [0.05, 0.1) is 23.1 Å². The molecule has 2 aromatic heterocycles. The van der Waals surface area contributed by atoms with Crippen molar-refractivity contribution in [1.82, 2.24) is 19.9 Å². The Labute approximate surface area is 125 Å². The maximum atomic E-state index is 12.1. The fraction of sp³-hybridized carbons (Fsp3) is 0.444. The van der Waals surface area contributed by atoms with E-state index in [1.807, 2.05) is 0 Å². The summed E-state index contributed by atoms with van der Waals surface area (Å²) in [5.74, 6) is -0.775. The molecular weight excluding hydrogens is 342 g/mol. The smallest absolute Gasteiger partial charge is 0.240 e. The minimum Gasteiger partial charge on any atom is -0.341 e. The molecule has 0 amide bonds. The number of hydrogen-bond donors (Lipinski definition) is 2. The Bertz CT molecular complexity index is 907. The molecule has 1 atom stereocenters. The van der Waals surface area contributed by atoms with E-state index in [9.17, 15) is 16.8 Å². The maximum Gasteiger partial charge on any atom is 0.240 e. The van der Waals surface area contributed by atoms with Crippen LogP contribution in [-0.2, 0) is 19.9 Å². The summed E-state index contributed by atoms with van der Waals surface area (Å²) in [5.41, 5.74) is 0.606. The van der Waals surface area contributed by atoms with Gasteiger partial charge in [-0.15, -0.1) is 0 Å². The lowest BCUT2D eigenvalue weighted by atomic mass is 10.4. The van der Waals surface area contributed by atoms with E-state index in [1.165, 1.54) is 6.33 Å². The first-order chi connectivity index (χ1) is 9.77. The average Bonchev–Trinajstić information content (AvgIpc) is 2.95. The zero-order valence-electron chi connectivity index (χ0n) is 10.4. The second-order valence-corrected chi connectivity index (χ2v) is 9.16. The van der Waals surface area contributed by atoms with E-state index < -0.39 is 30.9 Å². The average molecular weight is 352 g/mol. The second kappa shape index (κ2) is 4.78. The Morgan fingerprint density at radius 1 is 1.38 bits per heavy atom. The van der Waals surface area contributed by atoms with Crippen LogP contribution in [0.2, 0.25) is 5.15 Å². The Morgan fingerprint density at radius 3 is 2.81 bits per heavy atom. The van der Waals surface area contributed by atoms with Gasteiger partial charge in [-0.05, 0) is 6.42 Å². The summed E-state index contributed by atoms with van der Waals surface area (Å²) in [4.78, 5) is 14.3. The van der Waals surface area contributed by atoms with Gasteiger partial charge in [-0.25, -0.2) is 21.8 Å². The largest absolute Gasteiger partial charge is 0.341 e. The number of fused-ring (bicyclic) bond motifs is 1. The quantitative estimate of drug-likeness (QED) is 0.739. The van der Waals surface area contributed by atoms with Crippen molar-refractivity contribution < 1.29 is 16.8 Å². The van der Waals surface area contributed by atoms with Crippen LogP contribution in [0.1, 0.15) is 6.42 Å². The Morgan fingerprint density at radius 2 is 2.14 bits per heavy atom. The number of nitrogens with zero attached hydrogens (tertiary/aromatic N) is 3. The van der Waals surface area contributed by atoms with E-state index in [1.54, 1.807) is 0 Å². The summed E-state index contributed by atoms with van der Waals surface area (Å²) >= 11 is 5.88. The third-order valence-electron chi connectivity index (χ3n) is 3.10. The van der Waals surface area contributed by atoms with Crippen LogP contribution in [0.3, 0.4) is 0 Å². The number of anilines is 1. The number of nitrogens with one attached hydrogen (secondary N) is 2. The molecule has 2 aromatic rings. The van der Waals surface area contributed by atoms with Crippen molar-refractivity contribution in [1.29, 1.82) is 0 Å². The number of aromatic nitrogens is 4. The number of sulfonamides is 1. The third kappa shape index (κ3) is 2.80. The Kier molecular flexibility index (Phi) is 3.30. The van der Waals surface area contributed by atoms with E-state index in [2.05, 4.69) is 24.7 Å². The van der Waals surface area contributed by atoms with Gasteiger partial charge < -0.3 is 4.98 Å². The third-order valence-corrected chi connectivity index (χ3v) is 7.10. The molecule has 0 aromatic carbocycles. The van der Waals surface area contributed by atoms with Gasteiger partial charge in [-0.3, -0.25) is 4.72 Å². The first kappa shape index (κ1) is 14.5. The zero-order valence-corrected chi connectivity index (χ0v) is 12.8. The van der Waals surface area contributed by atoms with E-state index in [-0.39, 0.29) is 28.9 Å². The molecule has 12 heteroatoms. The normalized spacial score (nSPS) is 21.7. The monoisotopic (exact) mass is 351 g/mol. The summed E-state index contributed by atoms with van der Waals surface area (Å²) in [6.45, 7) is 0. The molecule has 0 radical (unpaired) electrons. The summed E-state index contributed by atoms with van der Waals surface area (Å²) in [6.07, 6.45) is 1.41. The molecule has 0 spiro atoms. The van der Waals surface area contributed by atoms with Crippen molar-refractivity contribution in [3.63, 3.8) is 0 Å². The topological polar surface area (TPSA) is 135 Å². The summed E-state index contributed by atoms with van der Waals surface area (Å²) in [6, 6.07) is 0. The molecule has 1 aliphatic heterocycles. The van der Waals surface area contributed by atoms with E-state index >= 15 is 0 Å². The first-order valence-corrected chi connectivity index (χ1v) is 9.60. The van der Waals surface area contributed by atoms with Crippen molar-refractivity contribution in [2.75, 3.05) is 16.2 Å². The molecule has 3 heterocycles. The number of rotatable bonds is 3. The molecule has 2 N–H and O–H groups in total. The molecule has 0 saturated carbocycles. The highest BCUT2D eigenvalue weighted by Crippen LogP contribution is 2.22. The van der Waals surface area contributed by atoms with Crippen LogP contribution in [-0.4, -0.2) is 53.5 Å². The van der Waals surface area contributed by atoms with Crippen molar-refractivity contribution in [2.45, 2.75) is 11.7 Å². The molecule has 1 fully saturated rings. The van der Waals surface area contributed by atoms with Gasteiger partial charge in [0.1, 0.15) is 5.52 Å². The molecule has 0 aliphatic carbocycles. The summed E-state index contributed by atoms with van der Waals surface area (Å²) < 4.78 is 49.2. The predicted molar refractivity (Wildman–Crippen MR) is 76.3 cm³/mol. The van der Waals surface area contributed by atoms with Gasteiger partial charge in [-0.1, -0.05) is 11.6 Å². The molecular formula is C9H10ClN5O4S2. The minimum atomic E-state index is -3.90. The zero-order chi connectivity index (χ0) is 15.3. The molecule has 3 rings (SSSR count). The van der Waals surface area contributed by atoms with Crippen LogP contribution >= 0.6 is 11.6 Å². The first-order valence-electron chi connectivity index (χ1n) is 5.85. The molecule has 1 saturated heterocycles. The number of aromatic amines is 1. The van der Waals surface area contributed by atoms with Gasteiger partial charge >= 0.3 is 0 Å². The maximum absolute atomic E-state index is 12.1. The lowest BCUT2D eigenvalue weighted by molar-refractivity contribution is 0.587. The van der Waals surface area contributed by atoms with Gasteiger partial charge in [0, 0.05) is 0 Å². The minimum absolute atomic E-state index is 0.0224. The van der Waals surface area contributed by atoms with E-state index in [0.29, 0.717) is 5.52 Å². The predicted octanol–water partition coefficient (Wildman–Crippen LogP) is -0.0649. The summed E-state index contributed by atoms with van der Waals surface area (Å²) in [7, 11) is -7.21. The van der Waals surface area contributed by atoms with Crippen molar-refractivity contribution in [3.05, 3.63) is 11.5 Å². The highest BCUT2D eigenvalue weighted by atomic mass is 35.5. The van der Waals surface area contributed by atoms with Crippen molar-refractivity contribution >= 4 is 48.6 Å². The lowest BCUT2D eigenvalue weighted by Crippen LogP contribution is -2.29. The highest BCUT2D eigenvalue weighted by Gasteiger charge is 2.37. The lowest BCUT2D eigenvalue weighted by Gasteiger charge is -2.11. The molecule has 114 valence electrons. The van der Waals surface area contributed by atoms with Gasteiger partial charge in [-0.2, -0.15) is 9.97 Å². The van der Waals surface area contributed by atoms with Crippen LogP contribution in [0, 0.1) is 0 Å². The molecule has 0 bridgehead atoms. The SMILES string of the molecule is O=S1(=O)CCC(S(=O)(=O)Nc2nc(Cl)c3[nH]cnc3n2)C1. The van der Waals surface area contributed by atoms with Crippen molar-refractivity contribution in [2.24, 2.45) is 0 Å². The number of sulfone groups is 1. The van der Waals surface area contributed by atoms with Gasteiger partial charge in [0.25, 0.3) is 0 Å². The highest BCUT2D eigenvalue weighted by molar-refractivity contribution is 7.97. The fourth-order valence-electron chi connectivity index (χ4n) is 2.06. The number of halogens is 1. The molecule has 21 heavy (non-hydrogen) atoms. The number of imidazole rings is 1. The van der Waals surface area contributed by atoms with Crippen LogP contribution in [0.5, 0.6) is 0 Å². The molecule has 9 nitrogen and oxygen atoms in total. The molecule has 1 aliphatic rings. The standard InChI is InChI=1S/C9H10ClN5O4S2/c10-7-6-8(12-4-11-6)14-9(13-7)15-21(18,19)5-1-2-20(16,17)3-5/h4-5H,1-3H2,(H2,11,12,13,14,15). The van der Waals surface area contributed by atoms with Crippen LogP contribution in [0.15, 0.2) is 6.33 Å². The Balaban J connectivity index is 1.90. The fourth-order valence-corrected chi connectivity index (χ4v) is 6.25. The van der Waals surface area contributed by atoms with Crippen LogP contribution in [0.4, 0.5) is 5.95 Å². The van der Waals surface area contributed by atoms with Gasteiger partial charge in [0.15, 0.2) is 20.6 Å². The van der Waals surface area contributed by atoms with Crippen molar-refractivity contribution in [3.8, 4) is 0 Å². The molecule has 1 unspecified atom stereocenters. The number of H-pyrrole nitrogens is 1. The van der Waals surface area contributed by atoms with E-state index in [4.69, 9.17) is 11.6 Å². The van der Waals surface area contributed by atoms with E-state index in [0.717, 1.165) is 0 Å². The number of hydrogen-bond acceptors (Lipinski definition) is 7. The second-order valence-electron chi connectivity index (χ2n) is 4.61.